The highest BCUT2D eigenvalue weighted by Crippen LogP contribution is 2.22. The largest absolute Gasteiger partial charge is 0.282 e. The average molecular weight is 335 g/mol. The Morgan fingerprint density at radius 2 is 2.05 bits per heavy atom. The molecule has 0 unspecified atom stereocenters. The van der Waals surface area contributed by atoms with Crippen LogP contribution in [0.4, 0.5) is 4.39 Å². The molecule has 1 saturated heterocycles. The van der Waals surface area contributed by atoms with Gasteiger partial charge in [-0.1, -0.05) is 12.1 Å². The minimum absolute atomic E-state index is 0.162. The fraction of sp³-hybridized carbons (Fsp3) is 0.571. The van der Waals surface area contributed by atoms with E-state index in [2.05, 4.69) is 0 Å². The van der Waals surface area contributed by atoms with Gasteiger partial charge in [-0.2, -0.15) is 17.0 Å². The maximum Gasteiger partial charge on any atom is 0.282 e. The van der Waals surface area contributed by atoms with E-state index >= 15 is 0 Å². The number of nitrogens with zero attached hydrogens (tertiary/aromatic N) is 2. The summed E-state index contributed by atoms with van der Waals surface area (Å²) in [6.45, 7) is 1.15. The highest BCUT2D eigenvalue weighted by Gasteiger charge is 2.30. The van der Waals surface area contributed by atoms with E-state index in [4.69, 9.17) is 11.6 Å². The molecule has 0 amide bonds. The highest BCUT2D eigenvalue weighted by atomic mass is 35.5. The Kier molecular flexibility index (Phi) is 5.60. The van der Waals surface area contributed by atoms with Crippen molar-refractivity contribution in [3.63, 3.8) is 0 Å². The minimum Gasteiger partial charge on any atom is -0.207 e. The normalized spacial score (nSPS) is 18.3. The van der Waals surface area contributed by atoms with Crippen molar-refractivity contribution in [3.8, 4) is 0 Å². The van der Waals surface area contributed by atoms with Gasteiger partial charge in [-0.15, -0.1) is 11.6 Å². The van der Waals surface area contributed by atoms with Crippen LogP contribution < -0.4 is 0 Å². The maximum atomic E-state index is 13.2. The van der Waals surface area contributed by atoms with Crippen molar-refractivity contribution in [3.05, 3.63) is 35.6 Å². The predicted molar refractivity (Wildman–Crippen MR) is 81.8 cm³/mol. The molecule has 0 bridgehead atoms. The Balaban J connectivity index is 2.02. The lowest BCUT2D eigenvalue weighted by molar-refractivity contribution is 0.271. The zero-order valence-electron chi connectivity index (χ0n) is 12.0. The van der Waals surface area contributed by atoms with Crippen LogP contribution in [0.25, 0.3) is 0 Å². The summed E-state index contributed by atoms with van der Waals surface area (Å²) in [4.78, 5) is 0. The number of benzene rings is 1. The molecule has 1 fully saturated rings. The van der Waals surface area contributed by atoms with Gasteiger partial charge in [0.2, 0.25) is 0 Å². The number of rotatable bonds is 5. The highest BCUT2D eigenvalue weighted by molar-refractivity contribution is 7.86. The maximum absolute atomic E-state index is 13.2. The molecular weight excluding hydrogens is 315 g/mol. The molecule has 1 aliphatic heterocycles. The molecule has 0 N–H and O–H groups in total. The Labute approximate surface area is 130 Å². The third kappa shape index (κ3) is 4.16. The molecule has 0 spiro atoms. The van der Waals surface area contributed by atoms with E-state index in [9.17, 15) is 12.8 Å². The fourth-order valence-electron chi connectivity index (χ4n) is 2.47. The first-order chi connectivity index (χ1) is 9.93. The summed E-state index contributed by atoms with van der Waals surface area (Å²) in [6, 6.07) is 5.99. The van der Waals surface area contributed by atoms with E-state index < -0.39 is 10.2 Å². The number of piperidine rings is 1. The van der Waals surface area contributed by atoms with E-state index in [1.807, 2.05) is 0 Å². The molecule has 1 aromatic carbocycles. The predicted octanol–water partition coefficient (Wildman–Crippen LogP) is 2.45. The summed E-state index contributed by atoms with van der Waals surface area (Å²) >= 11 is 5.81. The SMILES string of the molecule is CN(Cc1cccc(F)c1)S(=O)(=O)N1CCC(CCl)CC1. The second kappa shape index (κ2) is 7.05. The van der Waals surface area contributed by atoms with Crippen molar-refractivity contribution in [1.82, 2.24) is 8.61 Å². The van der Waals surface area contributed by atoms with Crippen molar-refractivity contribution in [2.24, 2.45) is 5.92 Å². The fourth-order valence-corrected chi connectivity index (χ4v) is 4.15. The summed E-state index contributed by atoms with van der Waals surface area (Å²) in [6.07, 6.45) is 1.58. The van der Waals surface area contributed by atoms with Crippen LogP contribution >= 0.6 is 11.6 Å². The van der Waals surface area contributed by atoms with E-state index in [-0.39, 0.29) is 12.4 Å². The van der Waals surface area contributed by atoms with E-state index in [1.165, 1.54) is 27.8 Å². The zero-order valence-corrected chi connectivity index (χ0v) is 13.6. The molecule has 0 saturated carbocycles. The van der Waals surface area contributed by atoms with Crippen molar-refractivity contribution in [2.75, 3.05) is 26.0 Å². The van der Waals surface area contributed by atoms with Crippen molar-refractivity contribution in [2.45, 2.75) is 19.4 Å². The molecule has 0 radical (unpaired) electrons. The van der Waals surface area contributed by atoms with Gasteiger partial charge in [0.15, 0.2) is 0 Å². The van der Waals surface area contributed by atoms with Crippen LogP contribution in [-0.4, -0.2) is 43.0 Å². The van der Waals surface area contributed by atoms with Crippen molar-refractivity contribution in [1.29, 1.82) is 0 Å². The monoisotopic (exact) mass is 334 g/mol. The lowest BCUT2D eigenvalue weighted by Crippen LogP contribution is -2.45. The number of halogens is 2. The van der Waals surface area contributed by atoms with Crippen LogP contribution in [0, 0.1) is 11.7 Å². The molecule has 21 heavy (non-hydrogen) atoms. The molecule has 7 heteroatoms. The molecule has 0 aliphatic carbocycles. The standard InChI is InChI=1S/C14H20ClFN2O2S/c1-17(11-13-3-2-4-14(16)9-13)21(19,20)18-7-5-12(10-15)6-8-18/h2-4,9,12H,5-8,10-11H2,1H3. The molecule has 0 atom stereocenters. The van der Waals surface area contributed by atoms with E-state index in [0.29, 0.717) is 30.5 Å². The van der Waals surface area contributed by atoms with Gasteiger partial charge in [-0.3, -0.25) is 0 Å². The zero-order chi connectivity index (χ0) is 15.5. The van der Waals surface area contributed by atoms with Crippen LogP contribution in [0.5, 0.6) is 0 Å². The van der Waals surface area contributed by atoms with Crippen LogP contribution in [-0.2, 0) is 16.8 Å². The third-order valence-corrected chi connectivity index (χ3v) is 6.18. The van der Waals surface area contributed by atoms with Gasteiger partial charge >= 0.3 is 0 Å². The Hall–Kier alpha value is -0.690. The first-order valence-corrected chi connectivity index (χ1v) is 8.88. The Morgan fingerprint density at radius 1 is 1.38 bits per heavy atom. The van der Waals surface area contributed by atoms with Gasteiger partial charge in [-0.25, -0.2) is 4.39 Å². The molecule has 4 nitrogen and oxygen atoms in total. The number of hydrogen-bond donors (Lipinski definition) is 0. The van der Waals surface area contributed by atoms with Gasteiger partial charge in [-0.05, 0) is 36.5 Å². The van der Waals surface area contributed by atoms with Crippen LogP contribution in [0.2, 0.25) is 0 Å². The lowest BCUT2D eigenvalue weighted by Gasteiger charge is -2.33. The topological polar surface area (TPSA) is 40.6 Å². The second-order valence-electron chi connectivity index (χ2n) is 5.39. The van der Waals surface area contributed by atoms with Gasteiger partial charge in [0.25, 0.3) is 10.2 Å². The molecule has 1 aromatic rings. The first kappa shape index (κ1) is 16.7. The minimum atomic E-state index is -3.50. The van der Waals surface area contributed by atoms with Crippen molar-refractivity contribution >= 4 is 21.8 Å². The van der Waals surface area contributed by atoms with E-state index in [1.54, 1.807) is 12.1 Å². The Morgan fingerprint density at radius 3 is 2.62 bits per heavy atom. The molecule has 1 heterocycles. The first-order valence-electron chi connectivity index (χ1n) is 6.95. The molecular formula is C14H20ClFN2O2S. The number of alkyl halides is 1. The average Bonchev–Trinajstić information content (AvgIpc) is 2.47. The molecule has 0 aromatic heterocycles. The van der Waals surface area contributed by atoms with Crippen LogP contribution in [0.1, 0.15) is 18.4 Å². The van der Waals surface area contributed by atoms with Gasteiger partial charge in [0, 0.05) is 32.6 Å². The molecule has 1 aliphatic rings. The molecule has 118 valence electrons. The number of hydrogen-bond acceptors (Lipinski definition) is 2. The summed E-state index contributed by atoms with van der Waals surface area (Å²) in [7, 11) is -1.98. The summed E-state index contributed by atoms with van der Waals surface area (Å²) < 4.78 is 40.9. The molecule has 2 rings (SSSR count). The Bertz CT molecular complexity index is 574. The second-order valence-corrected chi connectivity index (χ2v) is 7.73. The quantitative estimate of drug-likeness (QED) is 0.776. The summed E-state index contributed by atoms with van der Waals surface area (Å²) in [5.74, 6) is 0.611. The summed E-state index contributed by atoms with van der Waals surface area (Å²) in [5.41, 5.74) is 0.636. The smallest absolute Gasteiger partial charge is 0.207 e. The third-order valence-electron chi connectivity index (χ3n) is 3.81. The van der Waals surface area contributed by atoms with Gasteiger partial charge < -0.3 is 0 Å². The van der Waals surface area contributed by atoms with Crippen molar-refractivity contribution < 1.29 is 12.8 Å². The van der Waals surface area contributed by atoms with Gasteiger partial charge in [0.1, 0.15) is 5.82 Å². The van der Waals surface area contributed by atoms with Gasteiger partial charge in [0.05, 0.1) is 0 Å². The lowest BCUT2D eigenvalue weighted by atomic mass is 10.0. The van der Waals surface area contributed by atoms with Crippen LogP contribution in [0.3, 0.4) is 0 Å². The van der Waals surface area contributed by atoms with E-state index in [0.717, 1.165) is 12.8 Å². The van der Waals surface area contributed by atoms with Crippen LogP contribution in [0.15, 0.2) is 24.3 Å². The summed E-state index contributed by atoms with van der Waals surface area (Å²) in [5, 5.41) is 0.